The Bertz CT molecular complexity index is 295. The molecule has 16 heavy (non-hydrogen) atoms. The minimum atomic E-state index is -0.694. The van der Waals surface area contributed by atoms with Gasteiger partial charge in [-0.05, 0) is 17.7 Å². The van der Waals surface area contributed by atoms with Crippen molar-refractivity contribution in [1.82, 2.24) is 0 Å². The van der Waals surface area contributed by atoms with Gasteiger partial charge in [-0.15, -0.1) is 0 Å². The molecule has 1 N–H and O–H groups in total. The molecule has 90 valence electrons. The molecule has 0 saturated carbocycles. The summed E-state index contributed by atoms with van der Waals surface area (Å²) in [6.07, 6.45) is 4.53. The number of aromatic hydroxyl groups is 1. The molecular formula is C14H24OSi. The van der Waals surface area contributed by atoms with Crippen LogP contribution in [0.25, 0.3) is 0 Å². The molecule has 0 bridgehead atoms. The van der Waals surface area contributed by atoms with Crippen LogP contribution >= 0.6 is 0 Å². The monoisotopic (exact) mass is 236 g/mol. The van der Waals surface area contributed by atoms with Crippen LogP contribution in [0.5, 0.6) is 5.75 Å². The lowest BCUT2D eigenvalue weighted by molar-refractivity contribution is 0.475. The summed E-state index contributed by atoms with van der Waals surface area (Å²) < 4.78 is 0. The van der Waals surface area contributed by atoms with Crippen molar-refractivity contribution < 1.29 is 5.11 Å². The van der Waals surface area contributed by atoms with Gasteiger partial charge in [-0.2, -0.15) is 0 Å². The van der Waals surface area contributed by atoms with Crippen LogP contribution in [0.2, 0.25) is 24.7 Å². The van der Waals surface area contributed by atoms with Gasteiger partial charge in [0.15, 0.2) is 0 Å². The van der Waals surface area contributed by atoms with E-state index in [0.717, 1.165) is 5.54 Å². The van der Waals surface area contributed by atoms with E-state index in [4.69, 9.17) is 5.11 Å². The first-order valence-electron chi connectivity index (χ1n) is 6.26. The highest BCUT2D eigenvalue weighted by atomic mass is 28.3. The van der Waals surface area contributed by atoms with E-state index in [2.05, 4.69) is 20.0 Å². The van der Waals surface area contributed by atoms with Crippen LogP contribution in [-0.4, -0.2) is 13.2 Å². The Balaban J connectivity index is 0.000000165. The zero-order valence-electron chi connectivity index (χ0n) is 10.7. The van der Waals surface area contributed by atoms with Crippen molar-refractivity contribution in [2.75, 3.05) is 0 Å². The van der Waals surface area contributed by atoms with Crippen LogP contribution in [0.3, 0.4) is 0 Å². The van der Waals surface area contributed by atoms with Crippen molar-refractivity contribution in [3.63, 3.8) is 0 Å². The van der Waals surface area contributed by atoms with Gasteiger partial charge < -0.3 is 5.11 Å². The molecule has 1 atom stereocenters. The van der Waals surface area contributed by atoms with E-state index in [1.807, 2.05) is 6.07 Å². The maximum atomic E-state index is 8.63. The Morgan fingerprint density at radius 3 is 2.06 bits per heavy atom. The van der Waals surface area contributed by atoms with Gasteiger partial charge in [0.05, 0.1) is 8.07 Å². The molecule has 0 aliphatic carbocycles. The largest absolute Gasteiger partial charge is 0.508 e. The summed E-state index contributed by atoms with van der Waals surface area (Å²) in [5, 5.41) is 8.63. The third kappa shape index (κ3) is 4.39. The lowest BCUT2D eigenvalue weighted by atomic mass is 10.2. The Labute approximate surface area is 101 Å². The van der Waals surface area contributed by atoms with E-state index >= 15 is 0 Å². The summed E-state index contributed by atoms with van der Waals surface area (Å²) in [4.78, 5) is 0. The van der Waals surface area contributed by atoms with Gasteiger partial charge in [0, 0.05) is 0 Å². The highest BCUT2D eigenvalue weighted by Crippen LogP contribution is 2.36. The molecule has 1 fully saturated rings. The maximum absolute atomic E-state index is 8.63. The van der Waals surface area contributed by atoms with E-state index in [0.29, 0.717) is 5.75 Å². The SMILES string of the molecule is CC1CCCC[Si]1(C)C.Oc1ccccc1. The molecular weight excluding hydrogens is 212 g/mol. The highest BCUT2D eigenvalue weighted by Gasteiger charge is 2.30. The predicted octanol–water partition coefficient (Wildman–Crippen LogP) is 4.66. The second-order valence-corrected chi connectivity index (χ2v) is 10.9. The van der Waals surface area contributed by atoms with Gasteiger partial charge in [-0.3, -0.25) is 0 Å². The molecule has 1 aromatic rings. The lowest BCUT2D eigenvalue weighted by Gasteiger charge is -2.34. The molecule has 1 aromatic carbocycles. The Hall–Kier alpha value is -0.763. The number of phenols is 1. The van der Waals surface area contributed by atoms with E-state index in [9.17, 15) is 0 Å². The standard InChI is InChI=1S/C8H18Si.C6H6O/c1-8-6-4-5-7-9(8,2)3;7-6-4-2-1-3-5-6/h8H,4-7H2,1-3H3;1-5,7H. The molecule has 0 spiro atoms. The number of hydrogen-bond acceptors (Lipinski definition) is 1. The average Bonchev–Trinajstić information content (AvgIpc) is 2.24. The summed E-state index contributed by atoms with van der Waals surface area (Å²) >= 11 is 0. The zero-order valence-corrected chi connectivity index (χ0v) is 11.7. The van der Waals surface area contributed by atoms with Crippen molar-refractivity contribution in [2.45, 2.75) is 50.9 Å². The molecule has 0 radical (unpaired) electrons. The molecule has 1 nitrogen and oxygen atoms in total. The fourth-order valence-electron chi connectivity index (χ4n) is 2.10. The van der Waals surface area contributed by atoms with E-state index in [1.54, 1.807) is 30.3 Å². The second kappa shape index (κ2) is 6.09. The molecule has 1 aliphatic heterocycles. The summed E-state index contributed by atoms with van der Waals surface area (Å²) in [7, 11) is -0.694. The second-order valence-electron chi connectivity index (χ2n) is 5.47. The molecule has 2 rings (SSSR count). The van der Waals surface area contributed by atoms with Crippen molar-refractivity contribution in [3.8, 4) is 5.75 Å². The number of phenolic OH excluding ortho intramolecular Hbond substituents is 1. The maximum Gasteiger partial charge on any atom is 0.115 e. The van der Waals surface area contributed by atoms with Crippen LogP contribution in [0, 0.1) is 0 Å². The summed E-state index contributed by atoms with van der Waals surface area (Å²) in [6, 6.07) is 10.3. The van der Waals surface area contributed by atoms with Crippen LogP contribution in [0.1, 0.15) is 26.2 Å². The predicted molar refractivity (Wildman–Crippen MR) is 73.7 cm³/mol. The summed E-state index contributed by atoms with van der Waals surface area (Å²) in [5.41, 5.74) is 1.09. The smallest absolute Gasteiger partial charge is 0.115 e. The molecule has 1 heterocycles. The van der Waals surface area contributed by atoms with E-state index in [1.165, 1.54) is 19.3 Å². The van der Waals surface area contributed by atoms with Gasteiger partial charge in [0.2, 0.25) is 0 Å². The zero-order chi connectivity index (χ0) is 12.0. The van der Waals surface area contributed by atoms with Gasteiger partial charge in [-0.1, -0.05) is 63.5 Å². The van der Waals surface area contributed by atoms with Crippen LogP contribution < -0.4 is 0 Å². The fourth-order valence-corrected chi connectivity index (χ4v) is 4.74. The van der Waals surface area contributed by atoms with Crippen molar-refractivity contribution in [3.05, 3.63) is 30.3 Å². The normalized spacial score (nSPS) is 23.1. The van der Waals surface area contributed by atoms with Crippen molar-refractivity contribution in [1.29, 1.82) is 0 Å². The minimum absolute atomic E-state index is 0.322. The van der Waals surface area contributed by atoms with E-state index in [-0.39, 0.29) is 0 Å². The third-order valence-electron chi connectivity index (χ3n) is 3.80. The van der Waals surface area contributed by atoms with E-state index < -0.39 is 8.07 Å². The average molecular weight is 236 g/mol. The first-order chi connectivity index (χ1) is 7.52. The van der Waals surface area contributed by atoms with Gasteiger partial charge in [0.1, 0.15) is 5.75 Å². The summed E-state index contributed by atoms with van der Waals surface area (Å²) in [6.45, 7) is 7.53. The molecule has 1 saturated heterocycles. The van der Waals surface area contributed by atoms with Crippen LogP contribution in [0.15, 0.2) is 30.3 Å². The van der Waals surface area contributed by atoms with Gasteiger partial charge >= 0.3 is 0 Å². The first-order valence-corrected chi connectivity index (χ1v) is 9.55. The minimum Gasteiger partial charge on any atom is -0.508 e. The van der Waals surface area contributed by atoms with Crippen molar-refractivity contribution in [2.24, 2.45) is 0 Å². The summed E-state index contributed by atoms with van der Waals surface area (Å²) in [5.74, 6) is 0.322. The van der Waals surface area contributed by atoms with Crippen LogP contribution in [0.4, 0.5) is 0 Å². The first kappa shape index (κ1) is 13.3. The molecule has 1 aliphatic rings. The number of hydrogen-bond donors (Lipinski definition) is 1. The Kier molecular flexibility index (Phi) is 5.06. The van der Waals surface area contributed by atoms with Crippen molar-refractivity contribution >= 4 is 8.07 Å². The topological polar surface area (TPSA) is 20.2 Å². The molecule has 2 heteroatoms. The quantitative estimate of drug-likeness (QED) is 0.649. The fraction of sp³-hybridized carbons (Fsp3) is 0.571. The highest BCUT2D eigenvalue weighted by molar-refractivity contribution is 6.78. The van der Waals surface area contributed by atoms with Gasteiger partial charge in [0.25, 0.3) is 0 Å². The number of rotatable bonds is 0. The molecule has 1 unspecified atom stereocenters. The Morgan fingerprint density at radius 1 is 1.12 bits per heavy atom. The lowest BCUT2D eigenvalue weighted by Crippen LogP contribution is -2.33. The van der Waals surface area contributed by atoms with Crippen LogP contribution in [-0.2, 0) is 0 Å². The van der Waals surface area contributed by atoms with Gasteiger partial charge in [-0.25, -0.2) is 0 Å². The third-order valence-corrected chi connectivity index (χ3v) is 8.40. The Morgan fingerprint density at radius 2 is 1.75 bits per heavy atom. The number of para-hydroxylation sites is 1. The number of benzene rings is 1. The molecule has 0 aromatic heterocycles. The molecule has 0 amide bonds.